The fraction of sp³-hybridized carbons (Fsp3) is 0.238. The number of carboxylic acids is 1. The lowest BCUT2D eigenvalue weighted by atomic mass is 10.1. The molecule has 0 atom stereocenters. The highest BCUT2D eigenvalue weighted by Crippen LogP contribution is 2.29. The van der Waals surface area contributed by atoms with E-state index in [1.807, 2.05) is 13.8 Å². The van der Waals surface area contributed by atoms with Crippen LogP contribution >= 0.6 is 0 Å². The Kier molecular flexibility index (Phi) is 7.45. The zero-order chi connectivity index (χ0) is 20.5. The highest BCUT2D eigenvalue weighted by atomic mass is 16.5. The van der Waals surface area contributed by atoms with Gasteiger partial charge in [-0.25, -0.2) is 0 Å². The lowest BCUT2D eigenvalue weighted by molar-refractivity contribution is -0.299. The third-order valence-electron chi connectivity index (χ3n) is 3.70. The van der Waals surface area contributed by atoms with Crippen molar-refractivity contribution >= 4 is 18.0 Å². The highest BCUT2D eigenvalue weighted by molar-refractivity contribution is 6.03. The fourth-order valence-corrected chi connectivity index (χ4v) is 2.49. The smallest absolute Gasteiger partial charge is 0.259 e. The number of methoxy groups -OCH3 is 1. The molecule has 0 aliphatic carbocycles. The number of carbonyl (C=O) groups excluding carboxylic acids is 2. The molecular weight excluding hydrogens is 362 g/mol. The van der Waals surface area contributed by atoms with Crippen molar-refractivity contribution in [1.82, 2.24) is 5.32 Å². The minimum absolute atomic E-state index is 0.207. The summed E-state index contributed by atoms with van der Waals surface area (Å²) in [4.78, 5) is 24.0. The van der Waals surface area contributed by atoms with Crippen LogP contribution in [0.15, 0.2) is 48.2 Å². The maximum Gasteiger partial charge on any atom is 0.259 e. The highest BCUT2D eigenvalue weighted by Gasteiger charge is 2.14. The van der Waals surface area contributed by atoms with Crippen LogP contribution in [0, 0.1) is 0 Å². The topological polar surface area (TPSA) is 96.9 Å². The molecular formula is C21H22NO6-. The second-order valence-corrected chi connectivity index (χ2v) is 5.57. The van der Waals surface area contributed by atoms with Crippen LogP contribution in [0.1, 0.15) is 29.8 Å². The predicted molar refractivity (Wildman–Crippen MR) is 102 cm³/mol. The Bertz CT molecular complexity index is 875. The number of rotatable bonds is 9. The molecule has 1 amide bonds. The SMILES string of the molecule is CCOc1ccc(/C=C(\NC(=O)c2ccccc2OC)C(=O)[O-])cc1OCC. The van der Waals surface area contributed by atoms with Gasteiger partial charge in [-0.05, 0) is 49.8 Å². The zero-order valence-corrected chi connectivity index (χ0v) is 16.0. The maximum atomic E-state index is 12.5. The molecule has 0 fully saturated rings. The summed E-state index contributed by atoms with van der Waals surface area (Å²) in [5.41, 5.74) is 0.327. The molecule has 7 heteroatoms. The number of amides is 1. The van der Waals surface area contributed by atoms with Crippen LogP contribution in [0.3, 0.4) is 0 Å². The lowest BCUT2D eigenvalue weighted by Crippen LogP contribution is -2.35. The Hall–Kier alpha value is -3.48. The van der Waals surface area contributed by atoms with Crippen LogP contribution in [0.4, 0.5) is 0 Å². The molecule has 28 heavy (non-hydrogen) atoms. The molecule has 0 aliphatic rings. The largest absolute Gasteiger partial charge is 0.543 e. The Balaban J connectivity index is 2.33. The molecule has 2 aromatic rings. The van der Waals surface area contributed by atoms with Gasteiger partial charge < -0.3 is 29.4 Å². The van der Waals surface area contributed by atoms with Crippen molar-refractivity contribution in [1.29, 1.82) is 0 Å². The molecule has 1 N–H and O–H groups in total. The summed E-state index contributed by atoms with van der Waals surface area (Å²) < 4.78 is 16.2. The van der Waals surface area contributed by atoms with E-state index in [4.69, 9.17) is 14.2 Å². The summed E-state index contributed by atoms with van der Waals surface area (Å²) in [6.07, 6.45) is 1.29. The maximum absolute atomic E-state index is 12.5. The van der Waals surface area contributed by atoms with Gasteiger partial charge >= 0.3 is 0 Å². The van der Waals surface area contributed by atoms with Gasteiger partial charge in [0.05, 0.1) is 37.6 Å². The average molecular weight is 384 g/mol. The number of carboxylic acid groups (broad SMARTS) is 1. The summed E-state index contributed by atoms with van der Waals surface area (Å²) in [6, 6.07) is 11.5. The van der Waals surface area contributed by atoms with Gasteiger partial charge in [-0.3, -0.25) is 4.79 Å². The molecule has 0 heterocycles. The first-order valence-corrected chi connectivity index (χ1v) is 8.77. The molecule has 0 saturated heterocycles. The first-order valence-electron chi connectivity index (χ1n) is 8.77. The van der Waals surface area contributed by atoms with Gasteiger partial charge in [-0.15, -0.1) is 0 Å². The molecule has 0 aliphatic heterocycles. The summed E-state index contributed by atoms with van der Waals surface area (Å²) in [5.74, 6) is -0.780. The fourth-order valence-electron chi connectivity index (χ4n) is 2.49. The Morgan fingerprint density at radius 3 is 2.32 bits per heavy atom. The van der Waals surface area contributed by atoms with E-state index in [9.17, 15) is 14.7 Å². The van der Waals surface area contributed by atoms with Crippen molar-refractivity contribution in [3.63, 3.8) is 0 Å². The Labute approximate surface area is 163 Å². The van der Waals surface area contributed by atoms with Gasteiger partial charge in [0.25, 0.3) is 5.91 Å². The van der Waals surface area contributed by atoms with E-state index in [-0.39, 0.29) is 11.3 Å². The van der Waals surface area contributed by atoms with E-state index in [0.717, 1.165) is 0 Å². The molecule has 0 bridgehead atoms. The third kappa shape index (κ3) is 5.26. The lowest BCUT2D eigenvalue weighted by Gasteiger charge is -2.14. The van der Waals surface area contributed by atoms with Crippen molar-refractivity contribution in [2.75, 3.05) is 20.3 Å². The van der Waals surface area contributed by atoms with E-state index < -0.39 is 11.9 Å². The quantitative estimate of drug-likeness (QED) is 0.665. The van der Waals surface area contributed by atoms with Crippen LogP contribution in [-0.4, -0.2) is 32.2 Å². The third-order valence-corrected chi connectivity index (χ3v) is 3.70. The molecule has 7 nitrogen and oxygen atoms in total. The van der Waals surface area contributed by atoms with Crippen molar-refractivity contribution < 1.29 is 28.9 Å². The summed E-state index contributed by atoms with van der Waals surface area (Å²) in [6.45, 7) is 4.57. The van der Waals surface area contributed by atoms with Crippen molar-refractivity contribution in [3.8, 4) is 17.2 Å². The number of aliphatic carboxylic acids is 1. The van der Waals surface area contributed by atoms with Gasteiger partial charge in [-0.2, -0.15) is 0 Å². The number of nitrogens with one attached hydrogen (secondary N) is 1. The first kappa shape index (κ1) is 20.8. The Morgan fingerprint density at radius 2 is 1.68 bits per heavy atom. The van der Waals surface area contributed by atoms with E-state index in [2.05, 4.69) is 5.32 Å². The minimum Gasteiger partial charge on any atom is -0.543 e. The van der Waals surface area contributed by atoms with E-state index in [0.29, 0.717) is 36.0 Å². The van der Waals surface area contributed by atoms with Crippen LogP contribution in [0.2, 0.25) is 0 Å². The van der Waals surface area contributed by atoms with Gasteiger partial charge in [0.15, 0.2) is 11.5 Å². The van der Waals surface area contributed by atoms with Crippen molar-refractivity contribution in [3.05, 3.63) is 59.3 Å². The van der Waals surface area contributed by atoms with Crippen LogP contribution in [-0.2, 0) is 4.79 Å². The zero-order valence-electron chi connectivity index (χ0n) is 16.0. The van der Waals surface area contributed by atoms with Gasteiger partial charge in [0.2, 0.25) is 0 Å². The molecule has 0 spiro atoms. The molecule has 0 unspecified atom stereocenters. The van der Waals surface area contributed by atoms with E-state index >= 15 is 0 Å². The second-order valence-electron chi connectivity index (χ2n) is 5.57. The molecule has 0 radical (unpaired) electrons. The number of benzene rings is 2. The number of para-hydroxylation sites is 1. The number of hydrogen-bond donors (Lipinski definition) is 1. The van der Waals surface area contributed by atoms with Crippen molar-refractivity contribution in [2.45, 2.75) is 13.8 Å². The van der Waals surface area contributed by atoms with Gasteiger partial charge in [0, 0.05) is 0 Å². The predicted octanol–water partition coefficient (Wildman–Crippen LogP) is 2.01. The number of ether oxygens (including phenoxy) is 3. The molecule has 2 rings (SSSR count). The average Bonchev–Trinajstić information content (AvgIpc) is 2.69. The molecule has 0 saturated carbocycles. The summed E-state index contributed by atoms with van der Waals surface area (Å²) in [7, 11) is 1.43. The van der Waals surface area contributed by atoms with Crippen LogP contribution < -0.4 is 24.6 Å². The van der Waals surface area contributed by atoms with Gasteiger partial charge in [-0.1, -0.05) is 18.2 Å². The number of hydrogen-bond acceptors (Lipinski definition) is 6. The normalized spacial score (nSPS) is 10.9. The first-order chi connectivity index (χ1) is 13.5. The van der Waals surface area contributed by atoms with E-state index in [1.165, 1.54) is 19.3 Å². The van der Waals surface area contributed by atoms with E-state index in [1.54, 1.807) is 36.4 Å². The van der Waals surface area contributed by atoms with Gasteiger partial charge in [0.1, 0.15) is 5.75 Å². The summed E-state index contributed by atoms with van der Waals surface area (Å²) >= 11 is 0. The van der Waals surface area contributed by atoms with Crippen LogP contribution in [0.5, 0.6) is 17.2 Å². The molecule has 2 aromatic carbocycles. The number of carbonyl (C=O) groups is 2. The molecule has 0 aromatic heterocycles. The monoisotopic (exact) mass is 384 g/mol. The standard InChI is InChI=1S/C21H23NO6/c1-4-27-18-11-10-14(13-19(18)28-5-2)12-16(21(24)25)22-20(23)15-8-6-7-9-17(15)26-3/h6-13H,4-5H2,1-3H3,(H,22,23)(H,24,25)/p-1/b16-12-. The van der Waals surface area contributed by atoms with Crippen LogP contribution in [0.25, 0.3) is 6.08 Å². The summed E-state index contributed by atoms with van der Waals surface area (Å²) in [5, 5.41) is 13.9. The Morgan fingerprint density at radius 1 is 1.00 bits per heavy atom. The molecule has 148 valence electrons. The second kappa shape index (κ2) is 10.0. The minimum atomic E-state index is -1.52. The van der Waals surface area contributed by atoms with Crippen molar-refractivity contribution in [2.24, 2.45) is 0 Å².